The number of hydrogen-bond acceptors (Lipinski definition) is 1. The van der Waals surface area contributed by atoms with Gasteiger partial charge in [-0.2, -0.15) is 0 Å². The van der Waals surface area contributed by atoms with E-state index < -0.39 is 8.07 Å². The molecule has 0 saturated heterocycles. The summed E-state index contributed by atoms with van der Waals surface area (Å²) in [6, 6.07) is 0. The fourth-order valence-corrected chi connectivity index (χ4v) is 1.34. The largest absolute Gasteiger partial charge is 0.300 e. The highest BCUT2D eigenvalue weighted by atomic mass is 28.3. The lowest BCUT2D eigenvalue weighted by molar-refractivity contribution is -0.116. The molecule has 0 aromatic carbocycles. The molecule has 0 fully saturated rings. The van der Waals surface area contributed by atoms with Gasteiger partial charge in [-0.15, -0.1) is 6.58 Å². The predicted molar refractivity (Wildman–Crippen MR) is 47.8 cm³/mol. The van der Waals surface area contributed by atoms with Crippen molar-refractivity contribution in [3.8, 4) is 0 Å². The second kappa shape index (κ2) is 3.15. The lowest BCUT2D eigenvalue weighted by Gasteiger charge is -2.17. The Hall–Kier alpha value is -0.373. The van der Waals surface area contributed by atoms with Crippen molar-refractivity contribution in [3.05, 3.63) is 11.8 Å². The standard InChI is InChI=1S/C8H16OSi/c1-7(9)6-8(2)10(3,4)5/h2,6H2,1,3-5H3. The number of Topliss-reactive ketones (excluding diaryl/α,β-unsaturated/α-hetero) is 1. The van der Waals surface area contributed by atoms with Crippen LogP contribution in [0.5, 0.6) is 0 Å². The van der Waals surface area contributed by atoms with Crippen molar-refractivity contribution >= 4 is 13.9 Å². The minimum absolute atomic E-state index is 0.229. The smallest absolute Gasteiger partial charge is 0.133 e. The first kappa shape index (κ1) is 9.63. The second-order valence-corrected chi connectivity index (χ2v) is 8.94. The molecule has 0 aliphatic rings. The van der Waals surface area contributed by atoms with E-state index in [-0.39, 0.29) is 5.78 Å². The fourth-order valence-electron chi connectivity index (χ4n) is 0.566. The summed E-state index contributed by atoms with van der Waals surface area (Å²) in [7, 11) is -1.24. The summed E-state index contributed by atoms with van der Waals surface area (Å²) in [6.07, 6.45) is 0.579. The summed E-state index contributed by atoms with van der Waals surface area (Å²) in [5, 5.41) is 1.15. The zero-order valence-electron chi connectivity index (χ0n) is 7.32. The number of hydrogen-bond donors (Lipinski definition) is 0. The van der Waals surface area contributed by atoms with Gasteiger partial charge < -0.3 is 0 Å². The van der Waals surface area contributed by atoms with E-state index in [4.69, 9.17) is 0 Å². The van der Waals surface area contributed by atoms with E-state index in [1.165, 1.54) is 0 Å². The highest BCUT2D eigenvalue weighted by Gasteiger charge is 2.17. The minimum Gasteiger partial charge on any atom is -0.300 e. The molecule has 0 aliphatic carbocycles. The van der Waals surface area contributed by atoms with Crippen molar-refractivity contribution in [2.24, 2.45) is 0 Å². The summed E-state index contributed by atoms with van der Waals surface area (Å²) < 4.78 is 0. The Balaban J connectivity index is 3.99. The summed E-state index contributed by atoms with van der Waals surface area (Å²) in [5.41, 5.74) is 0. The van der Waals surface area contributed by atoms with Gasteiger partial charge in [0.1, 0.15) is 5.78 Å². The van der Waals surface area contributed by atoms with Crippen LogP contribution in [0, 0.1) is 0 Å². The second-order valence-electron chi connectivity index (χ2n) is 3.73. The van der Waals surface area contributed by atoms with Gasteiger partial charge in [0.05, 0.1) is 8.07 Å². The van der Waals surface area contributed by atoms with Gasteiger partial charge in [0, 0.05) is 6.42 Å². The molecule has 0 rings (SSSR count). The highest BCUT2D eigenvalue weighted by molar-refractivity contribution is 6.83. The molecule has 0 spiro atoms. The average molecular weight is 156 g/mol. The van der Waals surface area contributed by atoms with Gasteiger partial charge in [0.2, 0.25) is 0 Å². The first-order chi connectivity index (χ1) is 4.34. The molecule has 0 aromatic heterocycles. The maximum atomic E-state index is 10.7. The molecule has 0 atom stereocenters. The number of rotatable bonds is 3. The van der Waals surface area contributed by atoms with Gasteiger partial charge in [-0.3, -0.25) is 4.79 Å². The maximum absolute atomic E-state index is 10.7. The number of ketones is 1. The van der Waals surface area contributed by atoms with Crippen molar-refractivity contribution in [1.82, 2.24) is 0 Å². The molecule has 0 unspecified atom stereocenters. The van der Waals surface area contributed by atoms with Crippen molar-refractivity contribution in [1.29, 1.82) is 0 Å². The van der Waals surface area contributed by atoms with Crippen LogP contribution in [0.15, 0.2) is 11.8 Å². The number of carbonyl (C=O) groups is 1. The molecule has 0 saturated carbocycles. The van der Waals surface area contributed by atoms with Crippen molar-refractivity contribution < 1.29 is 4.79 Å². The molecule has 0 heterocycles. The van der Waals surface area contributed by atoms with Gasteiger partial charge in [-0.25, -0.2) is 0 Å². The SMILES string of the molecule is C=C(CC(C)=O)[Si](C)(C)C. The fraction of sp³-hybridized carbons (Fsp3) is 0.625. The van der Waals surface area contributed by atoms with E-state index in [0.717, 1.165) is 5.20 Å². The molecule has 1 nitrogen and oxygen atoms in total. The summed E-state index contributed by atoms with van der Waals surface area (Å²) in [4.78, 5) is 10.7. The molecular weight excluding hydrogens is 140 g/mol. The first-order valence-corrected chi connectivity index (χ1v) is 7.01. The zero-order chi connectivity index (χ0) is 8.36. The molecule has 0 amide bonds. The Bertz CT molecular complexity index is 153. The number of allylic oxidation sites excluding steroid dienone is 1. The van der Waals surface area contributed by atoms with E-state index in [2.05, 4.69) is 26.2 Å². The number of carbonyl (C=O) groups excluding carboxylic acids is 1. The maximum Gasteiger partial charge on any atom is 0.133 e. The third-order valence-corrected chi connectivity index (χ3v) is 3.82. The van der Waals surface area contributed by atoms with Crippen LogP contribution < -0.4 is 0 Å². The predicted octanol–water partition coefficient (Wildman–Crippen LogP) is 2.40. The van der Waals surface area contributed by atoms with E-state index in [1.54, 1.807) is 6.92 Å². The van der Waals surface area contributed by atoms with Crippen molar-refractivity contribution in [2.75, 3.05) is 0 Å². The minimum atomic E-state index is -1.24. The van der Waals surface area contributed by atoms with E-state index in [9.17, 15) is 4.79 Å². The van der Waals surface area contributed by atoms with Crippen molar-refractivity contribution in [3.63, 3.8) is 0 Å². The Labute approximate surface area is 64.1 Å². The Morgan fingerprint density at radius 1 is 1.40 bits per heavy atom. The van der Waals surface area contributed by atoms with Gasteiger partial charge in [0.25, 0.3) is 0 Å². The van der Waals surface area contributed by atoms with Crippen molar-refractivity contribution in [2.45, 2.75) is 33.0 Å². The topological polar surface area (TPSA) is 17.1 Å². The quantitative estimate of drug-likeness (QED) is 0.573. The Morgan fingerprint density at radius 3 is 1.90 bits per heavy atom. The summed E-state index contributed by atoms with van der Waals surface area (Å²) in [5.74, 6) is 0.229. The van der Waals surface area contributed by atoms with Crippen LogP contribution >= 0.6 is 0 Å². The molecule has 10 heavy (non-hydrogen) atoms. The van der Waals surface area contributed by atoms with Gasteiger partial charge in [-0.1, -0.05) is 24.8 Å². The van der Waals surface area contributed by atoms with Crippen LogP contribution in [0.2, 0.25) is 19.6 Å². The van der Waals surface area contributed by atoms with Gasteiger partial charge >= 0.3 is 0 Å². The van der Waals surface area contributed by atoms with Crippen LogP contribution in [0.25, 0.3) is 0 Å². The third-order valence-electron chi connectivity index (χ3n) is 1.52. The molecule has 58 valence electrons. The van der Waals surface area contributed by atoms with Crippen LogP contribution in [-0.2, 0) is 4.79 Å². The first-order valence-electron chi connectivity index (χ1n) is 3.51. The molecule has 0 N–H and O–H groups in total. The molecule has 0 aliphatic heterocycles. The molecule has 0 bridgehead atoms. The van der Waals surface area contributed by atoms with Crippen LogP contribution in [0.1, 0.15) is 13.3 Å². The van der Waals surface area contributed by atoms with Crippen LogP contribution in [0.4, 0.5) is 0 Å². The summed E-state index contributed by atoms with van der Waals surface area (Å²) in [6.45, 7) is 12.1. The van der Waals surface area contributed by atoms with E-state index in [1.807, 2.05) is 0 Å². The van der Waals surface area contributed by atoms with Crippen LogP contribution in [-0.4, -0.2) is 13.9 Å². The van der Waals surface area contributed by atoms with Gasteiger partial charge in [-0.05, 0) is 6.92 Å². The molecule has 0 radical (unpaired) electrons. The average Bonchev–Trinajstić information content (AvgIpc) is 1.60. The van der Waals surface area contributed by atoms with E-state index in [0.29, 0.717) is 6.42 Å². The lowest BCUT2D eigenvalue weighted by atomic mass is 10.3. The van der Waals surface area contributed by atoms with Gasteiger partial charge in [0.15, 0.2) is 0 Å². The zero-order valence-corrected chi connectivity index (χ0v) is 8.32. The monoisotopic (exact) mass is 156 g/mol. The Kier molecular flexibility index (Phi) is 3.03. The summed E-state index contributed by atoms with van der Waals surface area (Å²) >= 11 is 0. The van der Waals surface area contributed by atoms with E-state index >= 15 is 0 Å². The molecule has 0 aromatic rings. The molecular formula is C8H16OSi. The Morgan fingerprint density at radius 2 is 1.80 bits per heavy atom. The molecule has 2 heteroatoms. The normalized spacial score (nSPS) is 11.2. The lowest BCUT2D eigenvalue weighted by Crippen LogP contribution is -2.24. The van der Waals surface area contributed by atoms with Crippen LogP contribution in [0.3, 0.4) is 0 Å². The third kappa shape index (κ3) is 3.61. The highest BCUT2D eigenvalue weighted by Crippen LogP contribution is 2.15.